The Morgan fingerprint density at radius 2 is 2.14 bits per heavy atom. The van der Waals surface area contributed by atoms with Gasteiger partial charge in [0.2, 0.25) is 5.91 Å². The van der Waals surface area contributed by atoms with Crippen molar-refractivity contribution in [3.63, 3.8) is 0 Å². The van der Waals surface area contributed by atoms with E-state index in [0.29, 0.717) is 13.0 Å². The maximum absolute atomic E-state index is 12.0. The summed E-state index contributed by atoms with van der Waals surface area (Å²) in [4.78, 5) is 25.7. The van der Waals surface area contributed by atoms with Gasteiger partial charge in [0.1, 0.15) is 6.04 Å². The fourth-order valence-corrected chi connectivity index (χ4v) is 2.67. The lowest BCUT2D eigenvalue weighted by Gasteiger charge is -2.21. The minimum absolute atomic E-state index is 0.0279. The van der Waals surface area contributed by atoms with Crippen LogP contribution in [0.15, 0.2) is 24.3 Å². The SMILES string of the molecule is COC(=O)[C@@H]1CCCN1CCC(=O)Nc1ccccc1C. The van der Waals surface area contributed by atoms with Crippen molar-refractivity contribution in [1.82, 2.24) is 4.90 Å². The molecule has 5 heteroatoms. The molecule has 0 spiro atoms. The second kappa shape index (κ2) is 7.22. The fourth-order valence-electron chi connectivity index (χ4n) is 2.67. The Kier molecular flexibility index (Phi) is 5.33. The second-order valence-corrected chi connectivity index (χ2v) is 5.33. The minimum Gasteiger partial charge on any atom is -0.468 e. The number of aryl methyl sites for hydroxylation is 1. The van der Waals surface area contributed by atoms with E-state index < -0.39 is 0 Å². The van der Waals surface area contributed by atoms with E-state index in [9.17, 15) is 9.59 Å². The van der Waals surface area contributed by atoms with Crippen LogP contribution >= 0.6 is 0 Å². The molecule has 1 aliphatic heterocycles. The molecule has 1 amide bonds. The largest absolute Gasteiger partial charge is 0.468 e. The first kappa shape index (κ1) is 15.5. The molecule has 1 fully saturated rings. The number of ether oxygens (including phenoxy) is 1. The first-order valence-electron chi connectivity index (χ1n) is 7.29. The van der Waals surface area contributed by atoms with Gasteiger partial charge in [-0.05, 0) is 37.9 Å². The fraction of sp³-hybridized carbons (Fsp3) is 0.500. The summed E-state index contributed by atoms with van der Waals surface area (Å²) in [6, 6.07) is 7.50. The zero-order valence-corrected chi connectivity index (χ0v) is 12.6. The Morgan fingerprint density at radius 3 is 2.86 bits per heavy atom. The van der Waals surface area contributed by atoms with Crippen LogP contribution in [0.3, 0.4) is 0 Å². The van der Waals surface area contributed by atoms with Crippen molar-refractivity contribution < 1.29 is 14.3 Å². The van der Waals surface area contributed by atoms with Crippen LogP contribution in [0.4, 0.5) is 5.69 Å². The predicted octanol–water partition coefficient (Wildman–Crippen LogP) is 1.96. The van der Waals surface area contributed by atoms with Crippen molar-refractivity contribution in [1.29, 1.82) is 0 Å². The van der Waals surface area contributed by atoms with Crippen molar-refractivity contribution in [2.75, 3.05) is 25.5 Å². The maximum atomic E-state index is 12.0. The number of likely N-dealkylation sites (tertiary alicyclic amines) is 1. The standard InChI is InChI=1S/C16H22N2O3/c1-12-6-3-4-7-13(12)17-15(19)9-11-18-10-5-8-14(18)16(20)21-2/h3-4,6-7,14H,5,8-11H2,1-2H3,(H,17,19)/t14-/m0/s1. The molecule has 0 bridgehead atoms. The normalized spacial score (nSPS) is 18.5. The summed E-state index contributed by atoms with van der Waals surface area (Å²) in [5.41, 5.74) is 1.88. The van der Waals surface area contributed by atoms with Crippen LogP contribution in [-0.4, -0.2) is 43.0 Å². The zero-order chi connectivity index (χ0) is 15.2. The second-order valence-electron chi connectivity index (χ2n) is 5.33. The van der Waals surface area contributed by atoms with Crippen molar-refractivity contribution in [2.45, 2.75) is 32.2 Å². The molecule has 0 unspecified atom stereocenters. The summed E-state index contributed by atoms with van der Waals surface area (Å²) in [6.45, 7) is 3.39. The average molecular weight is 290 g/mol. The van der Waals surface area contributed by atoms with E-state index in [-0.39, 0.29) is 17.9 Å². The molecule has 1 saturated heterocycles. The van der Waals surface area contributed by atoms with Crippen LogP contribution in [0.1, 0.15) is 24.8 Å². The van der Waals surface area contributed by atoms with E-state index in [1.807, 2.05) is 36.1 Å². The average Bonchev–Trinajstić information content (AvgIpc) is 2.95. The van der Waals surface area contributed by atoms with Crippen LogP contribution in [0.5, 0.6) is 0 Å². The Balaban J connectivity index is 1.84. The van der Waals surface area contributed by atoms with Gasteiger partial charge in [0.25, 0.3) is 0 Å². The summed E-state index contributed by atoms with van der Waals surface area (Å²) >= 11 is 0. The number of methoxy groups -OCH3 is 1. The van der Waals surface area contributed by atoms with Crippen molar-refractivity contribution in [3.8, 4) is 0 Å². The molecule has 0 aliphatic carbocycles. The van der Waals surface area contributed by atoms with Crippen LogP contribution in [0, 0.1) is 6.92 Å². The van der Waals surface area contributed by atoms with E-state index in [1.54, 1.807) is 0 Å². The maximum Gasteiger partial charge on any atom is 0.323 e. The third-order valence-electron chi connectivity index (χ3n) is 3.88. The highest BCUT2D eigenvalue weighted by atomic mass is 16.5. The molecule has 21 heavy (non-hydrogen) atoms. The molecule has 1 aliphatic rings. The zero-order valence-electron chi connectivity index (χ0n) is 12.6. The molecular formula is C16H22N2O3. The molecule has 0 saturated carbocycles. The van der Waals surface area contributed by atoms with Gasteiger partial charge in [-0.15, -0.1) is 0 Å². The van der Waals surface area contributed by atoms with Crippen molar-refractivity contribution in [3.05, 3.63) is 29.8 Å². The van der Waals surface area contributed by atoms with Crippen LogP contribution in [0.2, 0.25) is 0 Å². The van der Waals surface area contributed by atoms with Gasteiger partial charge in [-0.1, -0.05) is 18.2 Å². The summed E-state index contributed by atoms with van der Waals surface area (Å²) in [6.07, 6.45) is 2.16. The quantitative estimate of drug-likeness (QED) is 0.842. The number of nitrogens with zero attached hydrogens (tertiary/aromatic N) is 1. The van der Waals surface area contributed by atoms with Gasteiger partial charge < -0.3 is 10.1 Å². The van der Waals surface area contributed by atoms with E-state index >= 15 is 0 Å². The molecule has 5 nitrogen and oxygen atoms in total. The van der Waals surface area contributed by atoms with Crippen LogP contribution in [-0.2, 0) is 14.3 Å². The number of benzene rings is 1. The van der Waals surface area contributed by atoms with E-state index in [2.05, 4.69) is 5.32 Å². The Hall–Kier alpha value is -1.88. The highest BCUT2D eigenvalue weighted by molar-refractivity contribution is 5.91. The lowest BCUT2D eigenvalue weighted by Crippen LogP contribution is -2.38. The van der Waals surface area contributed by atoms with Gasteiger partial charge in [0, 0.05) is 18.7 Å². The summed E-state index contributed by atoms with van der Waals surface area (Å²) in [5.74, 6) is -0.230. The number of carbonyl (C=O) groups excluding carboxylic acids is 2. The molecule has 0 aromatic heterocycles. The van der Waals surface area contributed by atoms with Gasteiger partial charge in [-0.2, -0.15) is 0 Å². The molecule has 1 N–H and O–H groups in total. The molecule has 1 aromatic carbocycles. The van der Waals surface area contributed by atoms with E-state index in [1.165, 1.54) is 7.11 Å². The highest BCUT2D eigenvalue weighted by Crippen LogP contribution is 2.19. The third-order valence-corrected chi connectivity index (χ3v) is 3.88. The number of amides is 1. The number of nitrogens with one attached hydrogen (secondary N) is 1. The number of hydrogen-bond donors (Lipinski definition) is 1. The lowest BCUT2D eigenvalue weighted by molar-refractivity contribution is -0.146. The number of rotatable bonds is 5. The van der Waals surface area contributed by atoms with Gasteiger partial charge in [0.15, 0.2) is 0 Å². The molecule has 0 radical (unpaired) electrons. The van der Waals surface area contributed by atoms with Gasteiger partial charge >= 0.3 is 5.97 Å². The summed E-state index contributed by atoms with van der Waals surface area (Å²) in [7, 11) is 1.41. The number of carbonyl (C=O) groups is 2. The third kappa shape index (κ3) is 4.04. The number of hydrogen-bond acceptors (Lipinski definition) is 4. The highest BCUT2D eigenvalue weighted by Gasteiger charge is 2.31. The van der Waals surface area contributed by atoms with Crippen molar-refractivity contribution in [2.24, 2.45) is 0 Å². The summed E-state index contributed by atoms with van der Waals surface area (Å²) < 4.78 is 4.80. The van der Waals surface area contributed by atoms with E-state index in [0.717, 1.165) is 30.6 Å². The molecule has 2 rings (SSSR count). The van der Waals surface area contributed by atoms with Gasteiger partial charge in [0.05, 0.1) is 7.11 Å². The van der Waals surface area contributed by atoms with Crippen LogP contribution in [0.25, 0.3) is 0 Å². The smallest absolute Gasteiger partial charge is 0.323 e. The van der Waals surface area contributed by atoms with Crippen LogP contribution < -0.4 is 5.32 Å². The first-order valence-corrected chi connectivity index (χ1v) is 7.29. The summed E-state index contributed by atoms with van der Waals surface area (Å²) in [5, 5.41) is 2.91. The molecule has 1 aromatic rings. The minimum atomic E-state index is -0.202. The number of esters is 1. The van der Waals surface area contributed by atoms with Gasteiger partial charge in [-0.25, -0.2) is 0 Å². The molecule has 114 valence electrons. The molecule has 1 heterocycles. The number of anilines is 1. The monoisotopic (exact) mass is 290 g/mol. The molecule has 1 atom stereocenters. The van der Waals surface area contributed by atoms with Gasteiger partial charge in [-0.3, -0.25) is 14.5 Å². The lowest BCUT2D eigenvalue weighted by atomic mass is 10.2. The van der Waals surface area contributed by atoms with Crippen molar-refractivity contribution >= 4 is 17.6 Å². The van der Waals surface area contributed by atoms with E-state index in [4.69, 9.17) is 4.74 Å². The number of para-hydroxylation sites is 1. The first-order chi connectivity index (χ1) is 10.1. The Labute approximate surface area is 125 Å². The topological polar surface area (TPSA) is 58.6 Å². The predicted molar refractivity (Wildman–Crippen MR) is 81.0 cm³/mol. The molecular weight excluding hydrogens is 268 g/mol. The Morgan fingerprint density at radius 1 is 1.38 bits per heavy atom. The Bertz CT molecular complexity index is 516.